The second kappa shape index (κ2) is 13.9. The first-order valence-electron chi connectivity index (χ1n) is 9.61. The van der Waals surface area contributed by atoms with Crippen molar-refractivity contribution in [1.29, 1.82) is 0 Å². The number of unbranched alkanes of at least 4 members (excludes halogenated alkanes) is 5. The van der Waals surface area contributed by atoms with Gasteiger partial charge < -0.3 is 29.0 Å². The van der Waals surface area contributed by atoms with Crippen molar-refractivity contribution in [2.75, 3.05) is 41.0 Å². The summed E-state index contributed by atoms with van der Waals surface area (Å²) in [4.78, 5) is 22.7. The molecule has 26 heavy (non-hydrogen) atoms. The number of carboxylic acids is 1. The predicted octanol–water partition coefficient (Wildman–Crippen LogP) is 0.873. The lowest BCUT2D eigenvalue weighted by atomic mass is 10.1. The zero-order valence-electron chi connectivity index (χ0n) is 16.9. The lowest BCUT2D eigenvalue weighted by molar-refractivity contribution is -0.889. The van der Waals surface area contributed by atoms with Crippen molar-refractivity contribution in [3.05, 3.63) is 0 Å². The van der Waals surface area contributed by atoms with E-state index in [4.69, 9.17) is 9.47 Å². The van der Waals surface area contributed by atoms with E-state index < -0.39 is 18.1 Å². The van der Waals surface area contributed by atoms with Crippen molar-refractivity contribution in [2.24, 2.45) is 0 Å². The van der Waals surface area contributed by atoms with Crippen LogP contribution < -0.4 is 5.11 Å². The van der Waals surface area contributed by atoms with Crippen molar-refractivity contribution in [2.45, 2.75) is 70.4 Å². The molecule has 0 aliphatic carbocycles. The first-order valence-corrected chi connectivity index (χ1v) is 9.61. The number of likely N-dealkylation sites (N-methyl/N-ethyl adjacent to an activating group) is 1. The smallest absolute Gasteiger partial charge is 0.305 e. The van der Waals surface area contributed by atoms with E-state index >= 15 is 0 Å². The maximum absolute atomic E-state index is 11.6. The molecule has 0 aliphatic heterocycles. The van der Waals surface area contributed by atoms with E-state index in [0.717, 1.165) is 19.3 Å². The zero-order chi connectivity index (χ0) is 20.0. The Morgan fingerprint density at radius 3 is 2.23 bits per heavy atom. The van der Waals surface area contributed by atoms with E-state index in [1.165, 1.54) is 19.3 Å². The average molecular weight is 376 g/mol. The molecular formula is C19H37NO6. The lowest BCUT2D eigenvalue weighted by Crippen LogP contribution is -2.55. The molecular weight excluding hydrogens is 338 g/mol. The Balaban J connectivity index is 3.74. The Morgan fingerprint density at radius 1 is 1.04 bits per heavy atom. The van der Waals surface area contributed by atoms with Crippen LogP contribution in [0.5, 0.6) is 0 Å². The fourth-order valence-corrected chi connectivity index (χ4v) is 2.59. The molecule has 7 heteroatoms. The number of hydrogen-bond acceptors (Lipinski definition) is 6. The van der Waals surface area contributed by atoms with Gasteiger partial charge in [-0.2, -0.15) is 0 Å². The molecule has 154 valence electrons. The van der Waals surface area contributed by atoms with Crippen LogP contribution in [-0.4, -0.2) is 74.6 Å². The highest BCUT2D eigenvalue weighted by atomic mass is 16.5. The third kappa shape index (κ3) is 13.1. The summed E-state index contributed by atoms with van der Waals surface area (Å²) in [6.07, 6.45) is 6.35. The van der Waals surface area contributed by atoms with Crippen LogP contribution in [0.3, 0.4) is 0 Å². The molecule has 0 spiro atoms. The number of aliphatic carboxylic acids is 1. The van der Waals surface area contributed by atoms with Gasteiger partial charge in [0.05, 0.1) is 40.3 Å². The second-order valence-electron chi connectivity index (χ2n) is 7.67. The lowest BCUT2D eigenvalue weighted by Gasteiger charge is -2.34. The number of carboxylic acid groups (broad SMARTS) is 1. The molecule has 0 fully saturated rings. The summed E-state index contributed by atoms with van der Waals surface area (Å²) >= 11 is 0. The van der Waals surface area contributed by atoms with Gasteiger partial charge in [0.1, 0.15) is 18.8 Å². The van der Waals surface area contributed by atoms with Crippen LogP contribution in [0, 0.1) is 0 Å². The zero-order valence-corrected chi connectivity index (χ0v) is 16.9. The molecule has 0 aliphatic rings. The van der Waals surface area contributed by atoms with E-state index in [0.29, 0.717) is 6.42 Å². The topological polar surface area (TPSA) is 95.9 Å². The molecule has 0 amide bonds. The fourth-order valence-electron chi connectivity index (χ4n) is 2.59. The van der Waals surface area contributed by atoms with Crippen molar-refractivity contribution in [3.8, 4) is 0 Å². The molecule has 1 N–H and O–H groups in total. The highest BCUT2D eigenvalue weighted by molar-refractivity contribution is 5.69. The Kier molecular flexibility index (Phi) is 13.3. The van der Waals surface area contributed by atoms with Crippen LogP contribution in [0.25, 0.3) is 0 Å². The van der Waals surface area contributed by atoms with Crippen LogP contribution in [0.4, 0.5) is 0 Å². The van der Waals surface area contributed by atoms with Crippen LogP contribution in [0.1, 0.15) is 58.3 Å². The maximum Gasteiger partial charge on any atom is 0.305 e. The summed E-state index contributed by atoms with van der Waals surface area (Å²) in [7, 11) is 5.33. The summed E-state index contributed by atoms with van der Waals surface area (Å²) in [5.74, 6) is -1.42. The molecule has 0 radical (unpaired) electrons. The number of quaternary nitrogens is 1. The van der Waals surface area contributed by atoms with Gasteiger partial charge >= 0.3 is 5.97 Å². The van der Waals surface area contributed by atoms with Gasteiger partial charge in [-0.25, -0.2) is 0 Å². The highest BCUT2D eigenvalue weighted by Gasteiger charge is 2.24. The molecule has 0 heterocycles. The standard InChI is InChI=1S/C19H37NO6/c1-5-6-7-8-9-10-11-18(22)26-15-16(21)14-25-13-12-17(19(23)24)20(2,3)4/h16-17,21H,5-15H2,1-4H3. The molecule has 0 rings (SSSR count). The largest absolute Gasteiger partial charge is 0.544 e. The second-order valence-corrected chi connectivity index (χ2v) is 7.67. The minimum atomic E-state index is -1.12. The monoisotopic (exact) mass is 375 g/mol. The Morgan fingerprint density at radius 2 is 1.65 bits per heavy atom. The van der Waals surface area contributed by atoms with E-state index in [9.17, 15) is 19.8 Å². The van der Waals surface area contributed by atoms with E-state index in [1.54, 1.807) is 21.1 Å². The van der Waals surface area contributed by atoms with Gasteiger partial charge in [-0.05, 0) is 6.42 Å². The number of nitrogens with zero attached hydrogens (tertiary/aromatic N) is 1. The normalized spacial score (nSPS) is 14.0. The van der Waals surface area contributed by atoms with Crippen molar-refractivity contribution < 1.29 is 33.8 Å². The molecule has 0 saturated carbocycles. The molecule has 0 saturated heterocycles. The van der Waals surface area contributed by atoms with Crippen molar-refractivity contribution in [3.63, 3.8) is 0 Å². The van der Waals surface area contributed by atoms with Crippen molar-refractivity contribution >= 4 is 11.9 Å². The summed E-state index contributed by atoms with van der Waals surface area (Å²) in [6, 6.07) is -0.678. The Bertz CT molecular complexity index is 394. The molecule has 7 nitrogen and oxygen atoms in total. The van der Waals surface area contributed by atoms with Crippen LogP contribution in [0.15, 0.2) is 0 Å². The highest BCUT2D eigenvalue weighted by Crippen LogP contribution is 2.08. The first-order chi connectivity index (χ1) is 12.2. The van der Waals surface area contributed by atoms with Gasteiger partial charge in [0, 0.05) is 12.8 Å². The molecule has 0 aromatic rings. The number of hydrogen-bond donors (Lipinski definition) is 1. The Hall–Kier alpha value is -1.18. The average Bonchev–Trinajstić information content (AvgIpc) is 2.54. The van der Waals surface area contributed by atoms with Crippen molar-refractivity contribution in [1.82, 2.24) is 0 Å². The van der Waals surface area contributed by atoms with E-state index in [2.05, 4.69) is 6.92 Å². The third-order valence-corrected chi connectivity index (χ3v) is 4.22. The minimum Gasteiger partial charge on any atom is -0.544 e. The number of carbonyl (C=O) groups is 2. The predicted molar refractivity (Wildman–Crippen MR) is 97.2 cm³/mol. The Labute approximate surface area is 157 Å². The van der Waals surface area contributed by atoms with Crippen LogP contribution in [-0.2, 0) is 19.1 Å². The first kappa shape index (κ1) is 24.8. The molecule has 2 unspecified atom stereocenters. The quantitative estimate of drug-likeness (QED) is 0.244. The maximum atomic E-state index is 11.6. The molecule has 0 bridgehead atoms. The van der Waals surface area contributed by atoms with Gasteiger partial charge in [0.25, 0.3) is 0 Å². The van der Waals surface area contributed by atoms with Gasteiger partial charge in [0.2, 0.25) is 0 Å². The van der Waals surface area contributed by atoms with Crippen LogP contribution in [0.2, 0.25) is 0 Å². The fraction of sp³-hybridized carbons (Fsp3) is 0.895. The van der Waals surface area contributed by atoms with Gasteiger partial charge in [-0.1, -0.05) is 39.0 Å². The van der Waals surface area contributed by atoms with Gasteiger partial charge in [-0.3, -0.25) is 4.79 Å². The molecule has 0 aromatic carbocycles. The summed E-state index contributed by atoms with van der Waals surface area (Å²) in [6.45, 7) is 2.25. The summed E-state index contributed by atoms with van der Waals surface area (Å²) in [5, 5.41) is 20.9. The summed E-state index contributed by atoms with van der Waals surface area (Å²) in [5.41, 5.74) is 0. The minimum absolute atomic E-state index is 0.00120. The number of esters is 1. The number of carbonyl (C=O) groups excluding carboxylic acids is 2. The van der Waals surface area contributed by atoms with Gasteiger partial charge in [0.15, 0.2) is 0 Å². The number of ether oxygens (including phenoxy) is 2. The molecule has 0 aromatic heterocycles. The number of rotatable bonds is 16. The molecule has 2 atom stereocenters. The van der Waals surface area contributed by atoms with Crippen LogP contribution >= 0.6 is 0 Å². The third-order valence-electron chi connectivity index (χ3n) is 4.22. The SMILES string of the molecule is CCCCCCCCC(=O)OCC(O)COCCC(C(=O)[O-])[N+](C)(C)C. The van der Waals surface area contributed by atoms with Gasteiger partial charge in [-0.15, -0.1) is 0 Å². The van der Waals surface area contributed by atoms with E-state index in [-0.39, 0.29) is 36.7 Å². The summed E-state index contributed by atoms with van der Waals surface area (Å²) < 4.78 is 10.6. The van der Waals surface area contributed by atoms with E-state index in [1.807, 2.05) is 0 Å². The number of aliphatic hydroxyl groups excluding tert-OH is 1. The number of aliphatic hydroxyl groups is 1.